The maximum absolute atomic E-state index is 11.7. The number of benzene rings is 1. The van der Waals surface area contributed by atoms with Gasteiger partial charge in [-0.1, -0.05) is 25.5 Å². The van der Waals surface area contributed by atoms with Crippen LogP contribution in [0.1, 0.15) is 19.8 Å². The molecule has 0 saturated carbocycles. The summed E-state index contributed by atoms with van der Waals surface area (Å²) in [5.74, 6) is 0. The lowest BCUT2D eigenvalue weighted by atomic mass is 10.2. The summed E-state index contributed by atoms with van der Waals surface area (Å²) in [5.41, 5.74) is 7.13. The molecule has 0 fully saturated rings. The number of rotatable bonds is 4. The molecule has 0 unspecified atom stereocenters. The minimum atomic E-state index is -0.119. The number of carbonyl (C=O) groups excluding carboxylic acids is 1. The van der Waals surface area contributed by atoms with Crippen molar-refractivity contribution in [2.24, 2.45) is 0 Å². The van der Waals surface area contributed by atoms with E-state index in [0.717, 1.165) is 18.5 Å². The van der Waals surface area contributed by atoms with E-state index in [1.54, 1.807) is 13.1 Å². The topological polar surface area (TPSA) is 58.4 Å². The van der Waals surface area contributed by atoms with Crippen LogP contribution in [0.5, 0.6) is 0 Å². The lowest BCUT2D eigenvalue weighted by Crippen LogP contribution is -2.38. The van der Waals surface area contributed by atoms with Gasteiger partial charge in [0.15, 0.2) is 0 Å². The van der Waals surface area contributed by atoms with Crippen LogP contribution in [-0.4, -0.2) is 19.6 Å². The molecule has 0 radical (unpaired) electrons. The van der Waals surface area contributed by atoms with Gasteiger partial charge in [-0.15, -0.1) is 0 Å². The predicted octanol–water partition coefficient (Wildman–Crippen LogP) is 2.21. The highest BCUT2D eigenvalue weighted by molar-refractivity contribution is 5.94. The van der Waals surface area contributed by atoms with Crippen LogP contribution in [0.25, 0.3) is 0 Å². The van der Waals surface area contributed by atoms with Crippen molar-refractivity contribution in [1.82, 2.24) is 5.32 Å². The van der Waals surface area contributed by atoms with E-state index < -0.39 is 0 Å². The molecule has 0 spiro atoms. The third-order valence-corrected chi connectivity index (χ3v) is 2.41. The van der Waals surface area contributed by atoms with E-state index in [1.807, 2.05) is 18.2 Å². The van der Waals surface area contributed by atoms with Gasteiger partial charge >= 0.3 is 6.03 Å². The van der Waals surface area contributed by atoms with Gasteiger partial charge in [-0.3, -0.25) is 4.90 Å². The van der Waals surface area contributed by atoms with Crippen molar-refractivity contribution in [3.05, 3.63) is 24.3 Å². The Bertz CT molecular complexity index is 352. The first kappa shape index (κ1) is 12.4. The van der Waals surface area contributed by atoms with Crippen LogP contribution in [0, 0.1) is 0 Å². The van der Waals surface area contributed by atoms with Gasteiger partial charge in [0.1, 0.15) is 0 Å². The van der Waals surface area contributed by atoms with Gasteiger partial charge in [0.05, 0.1) is 11.4 Å². The minimum absolute atomic E-state index is 0.119. The summed E-state index contributed by atoms with van der Waals surface area (Å²) in [7, 11) is 1.72. The molecule has 88 valence electrons. The number of nitrogens with one attached hydrogen (secondary N) is 1. The fourth-order valence-corrected chi connectivity index (χ4v) is 1.39. The molecule has 1 aromatic carbocycles. The lowest BCUT2D eigenvalue weighted by Gasteiger charge is -2.19. The number of nitrogens with zero attached hydrogens (tertiary/aromatic N) is 1. The highest BCUT2D eigenvalue weighted by Crippen LogP contribution is 2.20. The Balaban J connectivity index is 2.60. The normalized spacial score (nSPS) is 9.88. The second-order valence-corrected chi connectivity index (χ2v) is 3.70. The van der Waals surface area contributed by atoms with Crippen molar-refractivity contribution in [1.29, 1.82) is 0 Å². The number of unbranched alkanes of at least 4 members (excludes halogenated alkanes) is 1. The smallest absolute Gasteiger partial charge is 0.321 e. The van der Waals surface area contributed by atoms with Gasteiger partial charge in [0.2, 0.25) is 0 Å². The van der Waals surface area contributed by atoms with E-state index in [0.29, 0.717) is 12.2 Å². The van der Waals surface area contributed by atoms with E-state index in [9.17, 15) is 4.79 Å². The van der Waals surface area contributed by atoms with Crippen LogP contribution in [0.15, 0.2) is 24.3 Å². The molecule has 0 atom stereocenters. The number of nitrogen functional groups attached to an aromatic ring is 1. The lowest BCUT2D eigenvalue weighted by molar-refractivity contribution is 0.247. The maximum Gasteiger partial charge on any atom is 0.321 e. The van der Waals surface area contributed by atoms with Crippen molar-refractivity contribution in [2.45, 2.75) is 19.8 Å². The molecule has 0 aliphatic rings. The molecule has 1 aromatic rings. The molecular weight excluding hydrogens is 202 g/mol. The van der Waals surface area contributed by atoms with Gasteiger partial charge < -0.3 is 11.1 Å². The van der Waals surface area contributed by atoms with Crippen LogP contribution in [0.3, 0.4) is 0 Å². The maximum atomic E-state index is 11.7. The summed E-state index contributed by atoms with van der Waals surface area (Å²) in [4.78, 5) is 13.3. The Kier molecular flexibility index (Phi) is 4.64. The summed E-state index contributed by atoms with van der Waals surface area (Å²) in [6.07, 6.45) is 2.06. The van der Waals surface area contributed by atoms with Crippen LogP contribution < -0.4 is 16.0 Å². The molecule has 0 aromatic heterocycles. The largest absolute Gasteiger partial charge is 0.397 e. The third-order valence-electron chi connectivity index (χ3n) is 2.41. The SMILES string of the molecule is CCCCNC(=O)N(C)c1ccccc1N. The number of hydrogen-bond acceptors (Lipinski definition) is 2. The first-order valence-corrected chi connectivity index (χ1v) is 5.53. The number of anilines is 2. The van der Waals surface area contributed by atoms with Crippen molar-refractivity contribution in [2.75, 3.05) is 24.2 Å². The number of nitrogens with two attached hydrogens (primary N) is 1. The molecule has 4 heteroatoms. The average molecular weight is 221 g/mol. The summed E-state index contributed by atoms with van der Waals surface area (Å²) in [6, 6.07) is 7.20. The molecule has 0 heterocycles. The highest BCUT2D eigenvalue weighted by atomic mass is 16.2. The van der Waals surface area contributed by atoms with Crippen LogP contribution in [-0.2, 0) is 0 Å². The average Bonchev–Trinajstić information content (AvgIpc) is 2.29. The minimum Gasteiger partial charge on any atom is -0.397 e. The quantitative estimate of drug-likeness (QED) is 0.605. The fourth-order valence-electron chi connectivity index (χ4n) is 1.39. The molecule has 0 aliphatic carbocycles. The number of urea groups is 1. The van der Waals surface area contributed by atoms with E-state index in [1.165, 1.54) is 4.90 Å². The van der Waals surface area contributed by atoms with E-state index >= 15 is 0 Å². The highest BCUT2D eigenvalue weighted by Gasteiger charge is 2.11. The molecule has 0 bridgehead atoms. The van der Waals surface area contributed by atoms with E-state index in [-0.39, 0.29) is 6.03 Å². The zero-order valence-electron chi connectivity index (χ0n) is 9.86. The summed E-state index contributed by atoms with van der Waals surface area (Å²) >= 11 is 0. The fraction of sp³-hybridized carbons (Fsp3) is 0.417. The van der Waals surface area contributed by atoms with Gasteiger partial charge in [-0.05, 0) is 18.6 Å². The van der Waals surface area contributed by atoms with Crippen molar-refractivity contribution in [3.8, 4) is 0 Å². The first-order valence-electron chi connectivity index (χ1n) is 5.53. The molecule has 3 N–H and O–H groups in total. The van der Waals surface area contributed by atoms with Crippen molar-refractivity contribution in [3.63, 3.8) is 0 Å². The number of hydrogen-bond donors (Lipinski definition) is 2. The monoisotopic (exact) mass is 221 g/mol. The second-order valence-electron chi connectivity index (χ2n) is 3.70. The van der Waals surface area contributed by atoms with Crippen LogP contribution >= 0.6 is 0 Å². The summed E-state index contributed by atoms with van der Waals surface area (Å²) in [6.45, 7) is 2.79. The van der Waals surface area contributed by atoms with E-state index in [2.05, 4.69) is 12.2 Å². The first-order chi connectivity index (χ1) is 7.66. The van der Waals surface area contributed by atoms with Gasteiger partial charge in [-0.25, -0.2) is 4.79 Å². The Morgan fingerprint density at radius 3 is 2.75 bits per heavy atom. The number of carbonyl (C=O) groups is 1. The van der Waals surface area contributed by atoms with Crippen LogP contribution in [0.4, 0.5) is 16.2 Å². The molecule has 1 rings (SSSR count). The number of amides is 2. The zero-order valence-corrected chi connectivity index (χ0v) is 9.86. The Hall–Kier alpha value is -1.71. The second kappa shape index (κ2) is 6.00. The van der Waals surface area contributed by atoms with Gasteiger partial charge in [-0.2, -0.15) is 0 Å². The molecule has 16 heavy (non-hydrogen) atoms. The molecule has 4 nitrogen and oxygen atoms in total. The van der Waals surface area contributed by atoms with Crippen molar-refractivity contribution >= 4 is 17.4 Å². The van der Waals surface area contributed by atoms with Gasteiger partial charge in [0, 0.05) is 13.6 Å². The zero-order chi connectivity index (χ0) is 12.0. The van der Waals surface area contributed by atoms with Crippen LogP contribution in [0.2, 0.25) is 0 Å². The Morgan fingerprint density at radius 2 is 2.12 bits per heavy atom. The summed E-state index contributed by atoms with van der Waals surface area (Å²) < 4.78 is 0. The van der Waals surface area contributed by atoms with Crippen molar-refractivity contribution < 1.29 is 4.79 Å². The summed E-state index contributed by atoms with van der Waals surface area (Å²) in [5, 5.41) is 2.84. The Labute approximate surface area is 96.4 Å². The van der Waals surface area contributed by atoms with Gasteiger partial charge in [0.25, 0.3) is 0 Å². The molecule has 0 aliphatic heterocycles. The molecular formula is C12H19N3O. The molecule has 0 saturated heterocycles. The molecule has 2 amide bonds. The standard InChI is InChI=1S/C12H19N3O/c1-3-4-9-14-12(16)15(2)11-8-6-5-7-10(11)13/h5-8H,3-4,9,13H2,1-2H3,(H,14,16). The number of para-hydroxylation sites is 2. The third kappa shape index (κ3) is 3.15. The Morgan fingerprint density at radius 1 is 1.44 bits per heavy atom. The predicted molar refractivity (Wildman–Crippen MR) is 67.6 cm³/mol. The van der Waals surface area contributed by atoms with E-state index in [4.69, 9.17) is 5.73 Å².